The summed E-state index contributed by atoms with van der Waals surface area (Å²) in [6, 6.07) is 5.68. The minimum atomic E-state index is -1.14. The van der Waals surface area contributed by atoms with E-state index in [9.17, 15) is 4.79 Å². The third kappa shape index (κ3) is 4.05. The van der Waals surface area contributed by atoms with Gasteiger partial charge in [0, 0.05) is 18.8 Å². The normalized spacial score (nSPS) is 12.4. The first-order valence-electron chi connectivity index (χ1n) is 4.70. The van der Waals surface area contributed by atoms with Gasteiger partial charge in [-0.25, -0.2) is 0 Å². The fourth-order valence-electron chi connectivity index (χ4n) is 1.14. The van der Waals surface area contributed by atoms with Crippen molar-refractivity contribution in [1.82, 2.24) is 10.3 Å². The summed E-state index contributed by atoms with van der Waals surface area (Å²) in [5.74, 6) is -0.722. The number of hydrogen-bond donors (Lipinski definition) is 3. The number of aryl methyl sites for hydroxylation is 1. The van der Waals surface area contributed by atoms with E-state index in [0.29, 0.717) is 6.54 Å². The Hall–Kier alpha value is -1.46. The molecule has 15 heavy (non-hydrogen) atoms. The van der Waals surface area contributed by atoms with Crippen molar-refractivity contribution in [3.63, 3.8) is 0 Å². The number of primary amides is 1. The van der Waals surface area contributed by atoms with Crippen molar-refractivity contribution in [3.8, 4) is 0 Å². The molecule has 4 N–H and O–H groups in total. The van der Waals surface area contributed by atoms with Crippen LogP contribution in [0.25, 0.3) is 0 Å². The molecule has 0 bridgehead atoms. The van der Waals surface area contributed by atoms with Gasteiger partial charge in [0.25, 0.3) is 0 Å². The van der Waals surface area contributed by atoms with E-state index in [4.69, 9.17) is 10.8 Å². The molecule has 1 aromatic rings. The molecule has 1 heterocycles. The molecule has 0 aromatic carbocycles. The molecule has 1 aromatic heterocycles. The number of rotatable bonds is 5. The zero-order chi connectivity index (χ0) is 11.3. The fraction of sp³-hybridized carbons (Fsp3) is 0.400. The van der Waals surface area contributed by atoms with Crippen LogP contribution in [0.5, 0.6) is 0 Å². The molecule has 1 rings (SSSR count). The zero-order valence-corrected chi connectivity index (χ0v) is 8.60. The third-order valence-corrected chi connectivity index (χ3v) is 1.92. The summed E-state index contributed by atoms with van der Waals surface area (Å²) in [6.07, 6.45) is -1.14. The smallest absolute Gasteiger partial charge is 0.247 e. The number of nitrogens with two attached hydrogens (primary N) is 1. The van der Waals surface area contributed by atoms with Gasteiger partial charge in [0.2, 0.25) is 5.91 Å². The van der Waals surface area contributed by atoms with E-state index in [1.807, 2.05) is 25.1 Å². The summed E-state index contributed by atoms with van der Waals surface area (Å²) in [5.41, 5.74) is 6.70. The van der Waals surface area contributed by atoms with Gasteiger partial charge in [0.05, 0.1) is 5.69 Å². The lowest BCUT2D eigenvalue weighted by Gasteiger charge is -2.08. The molecule has 1 unspecified atom stereocenters. The van der Waals surface area contributed by atoms with Crippen LogP contribution in [0.3, 0.4) is 0 Å². The number of aliphatic hydroxyl groups is 1. The highest BCUT2D eigenvalue weighted by atomic mass is 16.3. The van der Waals surface area contributed by atoms with E-state index in [1.165, 1.54) is 0 Å². The van der Waals surface area contributed by atoms with Gasteiger partial charge >= 0.3 is 0 Å². The molecule has 0 fully saturated rings. The highest BCUT2D eigenvalue weighted by Crippen LogP contribution is 1.97. The fourth-order valence-corrected chi connectivity index (χ4v) is 1.14. The SMILES string of the molecule is Cc1cccc(CNCC(O)C(N)=O)n1. The summed E-state index contributed by atoms with van der Waals surface area (Å²) in [5, 5.41) is 12.0. The predicted octanol–water partition coefficient (Wildman–Crippen LogP) is -0.674. The highest BCUT2D eigenvalue weighted by Gasteiger charge is 2.09. The average Bonchev–Trinajstić information content (AvgIpc) is 2.17. The number of aromatic nitrogens is 1. The second kappa shape index (κ2) is 5.43. The van der Waals surface area contributed by atoms with Crippen molar-refractivity contribution < 1.29 is 9.90 Å². The largest absolute Gasteiger partial charge is 0.382 e. The Kier molecular flexibility index (Phi) is 4.20. The summed E-state index contributed by atoms with van der Waals surface area (Å²) in [4.78, 5) is 14.8. The Morgan fingerprint density at radius 1 is 1.67 bits per heavy atom. The van der Waals surface area contributed by atoms with Gasteiger partial charge < -0.3 is 16.2 Å². The molecular formula is C10H15N3O2. The first kappa shape index (κ1) is 11.6. The standard InChI is InChI=1S/C10H15N3O2/c1-7-3-2-4-8(13-7)5-12-6-9(14)10(11)15/h2-4,9,12,14H,5-6H2,1H3,(H2,11,15). The first-order chi connectivity index (χ1) is 7.09. The van der Waals surface area contributed by atoms with E-state index < -0.39 is 12.0 Å². The first-order valence-corrected chi connectivity index (χ1v) is 4.70. The number of carbonyl (C=O) groups excluding carboxylic acids is 1. The summed E-state index contributed by atoms with van der Waals surface area (Å²) in [6.45, 7) is 2.55. The molecule has 1 atom stereocenters. The minimum absolute atomic E-state index is 0.144. The molecule has 0 radical (unpaired) electrons. The molecule has 0 spiro atoms. The van der Waals surface area contributed by atoms with Gasteiger partial charge in [-0.05, 0) is 19.1 Å². The summed E-state index contributed by atoms with van der Waals surface area (Å²) >= 11 is 0. The Labute approximate surface area is 88.3 Å². The van der Waals surface area contributed by atoms with Crippen molar-refractivity contribution in [1.29, 1.82) is 0 Å². The molecule has 1 amide bonds. The molecule has 0 saturated carbocycles. The van der Waals surface area contributed by atoms with Crippen molar-refractivity contribution in [3.05, 3.63) is 29.6 Å². The average molecular weight is 209 g/mol. The van der Waals surface area contributed by atoms with Crippen LogP contribution in [0.1, 0.15) is 11.4 Å². The molecule has 0 aliphatic heterocycles. The van der Waals surface area contributed by atoms with Crippen LogP contribution < -0.4 is 11.1 Å². The van der Waals surface area contributed by atoms with Crippen LogP contribution >= 0.6 is 0 Å². The number of aliphatic hydroxyl groups excluding tert-OH is 1. The van der Waals surface area contributed by atoms with Crippen LogP contribution in [-0.2, 0) is 11.3 Å². The lowest BCUT2D eigenvalue weighted by atomic mass is 10.3. The van der Waals surface area contributed by atoms with E-state index >= 15 is 0 Å². The maximum absolute atomic E-state index is 10.5. The van der Waals surface area contributed by atoms with Crippen LogP contribution in [0.4, 0.5) is 0 Å². The van der Waals surface area contributed by atoms with E-state index in [1.54, 1.807) is 0 Å². The number of amides is 1. The lowest BCUT2D eigenvalue weighted by Crippen LogP contribution is -2.37. The van der Waals surface area contributed by atoms with Crippen LogP contribution in [0.15, 0.2) is 18.2 Å². The summed E-state index contributed by atoms with van der Waals surface area (Å²) < 4.78 is 0. The Morgan fingerprint density at radius 3 is 3.00 bits per heavy atom. The molecule has 5 nitrogen and oxygen atoms in total. The molecule has 0 aliphatic rings. The Bertz CT molecular complexity index is 341. The molecule has 0 aliphatic carbocycles. The van der Waals surface area contributed by atoms with Crippen molar-refractivity contribution in [2.45, 2.75) is 19.6 Å². The monoisotopic (exact) mass is 209 g/mol. The minimum Gasteiger partial charge on any atom is -0.382 e. The number of nitrogens with one attached hydrogen (secondary N) is 1. The van der Waals surface area contributed by atoms with Crippen LogP contribution in [0, 0.1) is 6.92 Å². The van der Waals surface area contributed by atoms with Crippen molar-refractivity contribution >= 4 is 5.91 Å². The van der Waals surface area contributed by atoms with E-state index in [-0.39, 0.29) is 6.54 Å². The second-order valence-electron chi connectivity index (χ2n) is 3.32. The zero-order valence-electron chi connectivity index (χ0n) is 8.60. The number of pyridine rings is 1. The quantitative estimate of drug-likeness (QED) is 0.600. The van der Waals surface area contributed by atoms with Gasteiger partial charge in [0.1, 0.15) is 6.10 Å². The maximum Gasteiger partial charge on any atom is 0.247 e. The van der Waals surface area contributed by atoms with Crippen LogP contribution in [-0.4, -0.2) is 28.6 Å². The molecule has 5 heteroatoms. The lowest BCUT2D eigenvalue weighted by molar-refractivity contribution is -0.125. The summed E-state index contributed by atoms with van der Waals surface area (Å²) in [7, 11) is 0. The number of nitrogens with zero attached hydrogens (tertiary/aromatic N) is 1. The highest BCUT2D eigenvalue weighted by molar-refractivity contribution is 5.78. The predicted molar refractivity (Wildman–Crippen MR) is 55.9 cm³/mol. The molecular weight excluding hydrogens is 194 g/mol. The third-order valence-electron chi connectivity index (χ3n) is 1.92. The Morgan fingerprint density at radius 2 is 2.40 bits per heavy atom. The van der Waals surface area contributed by atoms with Gasteiger partial charge in [-0.15, -0.1) is 0 Å². The van der Waals surface area contributed by atoms with Crippen LogP contribution in [0.2, 0.25) is 0 Å². The second-order valence-corrected chi connectivity index (χ2v) is 3.32. The Balaban J connectivity index is 2.35. The van der Waals surface area contributed by atoms with E-state index in [0.717, 1.165) is 11.4 Å². The molecule has 82 valence electrons. The van der Waals surface area contributed by atoms with Gasteiger partial charge in [-0.2, -0.15) is 0 Å². The van der Waals surface area contributed by atoms with Gasteiger partial charge in [0.15, 0.2) is 0 Å². The topological polar surface area (TPSA) is 88.2 Å². The van der Waals surface area contributed by atoms with Gasteiger partial charge in [-0.3, -0.25) is 9.78 Å². The van der Waals surface area contributed by atoms with Crippen molar-refractivity contribution in [2.24, 2.45) is 5.73 Å². The van der Waals surface area contributed by atoms with Gasteiger partial charge in [-0.1, -0.05) is 6.07 Å². The number of hydrogen-bond acceptors (Lipinski definition) is 4. The van der Waals surface area contributed by atoms with E-state index in [2.05, 4.69) is 10.3 Å². The molecule has 0 saturated heterocycles. The van der Waals surface area contributed by atoms with Crippen molar-refractivity contribution in [2.75, 3.05) is 6.54 Å². The number of carbonyl (C=O) groups is 1. The maximum atomic E-state index is 10.5.